The van der Waals surface area contributed by atoms with E-state index in [1.807, 2.05) is 31.2 Å². The number of nitrogens with zero attached hydrogens (tertiary/aromatic N) is 2. The first kappa shape index (κ1) is 23.1. The first-order chi connectivity index (χ1) is 17.0. The fourth-order valence-electron chi connectivity index (χ4n) is 4.23. The van der Waals surface area contributed by atoms with Gasteiger partial charge in [0.05, 0.1) is 10.2 Å². The zero-order chi connectivity index (χ0) is 24.4. The van der Waals surface area contributed by atoms with Crippen LogP contribution in [0.4, 0.5) is 4.39 Å². The molecule has 0 saturated heterocycles. The van der Waals surface area contributed by atoms with E-state index < -0.39 is 0 Å². The van der Waals surface area contributed by atoms with Crippen LogP contribution >= 0.6 is 15.9 Å². The van der Waals surface area contributed by atoms with E-state index in [0.717, 1.165) is 40.5 Å². The van der Waals surface area contributed by atoms with Gasteiger partial charge in [0, 0.05) is 16.8 Å². The predicted molar refractivity (Wildman–Crippen MR) is 150 cm³/mol. The number of aryl methyl sites for hydroxylation is 1. The molecule has 4 aromatic rings. The third-order valence-electron chi connectivity index (χ3n) is 6.22. The van der Waals surface area contributed by atoms with E-state index in [9.17, 15) is 4.39 Å². The number of aliphatic imine (C=N–C) groups is 2. The van der Waals surface area contributed by atoms with Crippen molar-refractivity contribution in [3.05, 3.63) is 130 Å². The van der Waals surface area contributed by atoms with Gasteiger partial charge in [-0.3, -0.25) is 0 Å². The fraction of sp³-hybridized carbons (Fsp3) is 0.0968. The highest BCUT2D eigenvalue weighted by Gasteiger charge is 2.12. The molecule has 4 heteroatoms. The molecule has 0 amide bonds. The Morgan fingerprint density at radius 3 is 2.46 bits per heavy atom. The lowest BCUT2D eigenvalue weighted by Crippen LogP contribution is -2.06. The average Bonchev–Trinajstić information content (AvgIpc) is 2.89. The molecule has 0 saturated carbocycles. The Morgan fingerprint density at radius 2 is 1.63 bits per heavy atom. The van der Waals surface area contributed by atoms with E-state index in [1.165, 1.54) is 17.2 Å². The van der Waals surface area contributed by atoms with Crippen LogP contribution in [0.25, 0.3) is 22.5 Å². The van der Waals surface area contributed by atoms with Crippen LogP contribution in [0.5, 0.6) is 0 Å². The maximum Gasteiger partial charge on any atom is 0.160 e. The Bertz CT molecular complexity index is 1550. The van der Waals surface area contributed by atoms with Crippen LogP contribution in [0.3, 0.4) is 0 Å². The van der Waals surface area contributed by atoms with Gasteiger partial charge in [0.15, 0.2) is 5.84 Å². The zero-order valence-electron chi connectivity index (χ0n) is 19.4. The average molecular weight is 523 g/mol. The molecule has 35 heavy (non-hydrogen) atoms. The summed E-state index contributed by atoms with van der Waals surface area (Å²) in [6, 6.07) is 25.6. The third kappa shape index (κ3) is 5.08. The van der Waals surface area contributed by atoms with Crippen LogP contribution in [0.2, 0.25) is 0 Å². The molecule has 0 radical (unpaired) electrons. The topological polar surface area (TPSA) is 24.7 Å². The standard InChI is InChI=1S/C31H24BrFN2/c1-20(24-13-11-22-7-3-5-9-26(22)17-24)34-31(28-15-16-29(32)30(33)19-28)35-21(2)25-14-12-23-8-4-6-10-27(23)18-25/h3,5-7,9-19H,1,4,8H2,2H3. The summed E-state index contributed by atoms with van der Waals surface area (Å²) >= 11 is 3.24. The van der Waals surface area contributed by atoms with E-state index in [0.29, 0.717) is 21.6 Å². The molecule has 0 unspecified atom stereocenters. The van der Waals surface area contributed by atoms with Crippen molar-refractivity contribution < 1.29 is 4.39 Å². The van der Waals surface area contributed by atoms with Crippen molar-refractivity contribution >= 4 is 50.0 Å². The molecule has 0 heterocycles. The largest absolute Gasteiger partial charge is 0.233 e. The minimum absolute atomic E-state index is 0.363. The van der Waals surface area contributed by atoms with Gasteiger partial charge in [0.1, 0.15) is 5.82 Å². The fourth-order valence-corrected chi connectivity index (χ4v) is 4.47. The summed E-state index contributed by atoms with van der Waals surface area (Å²) in [5.74, 6) is 0.0543. The molecule has 5 rings (SSSR count). The molecule has 0 atom stereocenters. The lowest BCUT2D eigenvalue weighted by molar-refractivity contribution is 0.621. The van der Waals surface area contributed by atoms with E-state index in [2.05, 4.69) is 77.1 Å². The van der Waals surface area contributed by atoms with Crippen molar-refractivity contribution in [3.8, 4) is 0 Å². The Morgan fingerprint density at radius 1 is 0.857 bits per heavy atom. The SMILES string of the molecule is C=C(N=C(N=C(C)c1ccc2c(c1)C=CCC2)c1ccc(Br)c(F)c1)c1ccc2ccccc2c1. The van der Waals surface area contributed by atoms with Gasteiger partial charge < -0.3 is 0 Å². The van der Waals surface area contributed by atoms with Crippen LogP contribution in [0, 0.1) is 5.82 Å². The number of allylic oxidation sites excluding steroid dienone is 1. The number of hydrogen-bond donors (Lipinski definition) is 0. The second kappa shape index (κ2) is 9.93. The van der Waals surface area contributed by atoms with Crippen LogP contribution < -0.4 is 0 Å². The molecule has 0 spiro atoms. The van der Waals surface area contributed by atoms with E-state index in [-0.39, 0.29) is 5.82 Å². The molecule has 0 bridgehead atoms. The second-order valence-corrected chi connectivity index (χ2v) is 9.48. The molecule has 0 N–H and O–H groups in total. The van der Waals surface area contributed by atoms with Gasteiger partial charge in [-0.2, -0.15) is 0 Å². The van der Waals surface area contributed by atoms with Gasteiger partial charge in [0.2, 0.25) is 0 Å². The first-order valence-corrected chi connectivity index (χ1v) is 12.3. The molecule has 2 nitrogen and oxygen atoms in total. The Kier molecular flexibility index (Phi) is 6.56. The van der Waals surface area contributed by atoms with E-state index in [4.69, 9.17) is 9.98 Å². The quantitative estimate of drug-likeness (QED) is 0.189. The zero-order valence-corrected chi connectivity index (χ0v) is 21.0. The molecule has 1 aliphatic rings. The Hall–Kier alpha value is -3.63. The summed E-state index contributed by atoms with van der Waals surface area (Å²) in [6.07, 6.45) is 6.49. The van der Waals surface area contributed by atoms with Gasteiger partial charge in [-0.1, -0.05) is 67.3 Å². The first-order valence-electron chi connectivity index (χ1n) is 11.6. The van der Waals surface area contributed by atoms with E-state index >= 15 is 0 Å². The van der Waals surface area contributed by atoms with Gasteiger partial charge in [-0.15, -0.1) is 0 Å². The van der Waals surface area contributed by atoms with Gasteiger partial charge in [-0.25, -0.2) is 14.4 Å². The minimum Gasteiger partial charge on any atom is -0.233 e. The van der Waals surface area contributed by atoms with Crippen molar-refractivity contribution in [2.45, 2.75) is 19.8 Å². The number of amidine groups is 1. The van der Waals surface area contributed by atoms with Gasteiger partial charge in [0.25, 0.3) is 0 Å². The van der Waals surface area contributed by atoms with Crippen molar-refractivity contribution in [2.24, 2.45) is 9.98 Å². The highest BCUT2D eigenvalue weighted by Crippen LogP contribution is 2.25. The second-order valence-electron chi connectivity index (χ2n) is 8.62. The number of benzene rings is 4. The molecule has 1 aliphatic carbocycles. The molecular weight excluding hydrogens is 499 g/mol. The highest BCUT2D eigenvalue weighted by atomic mass is 79.9. The summed E-state index contributed by atoms with van der Waals surface area (Å²) < 4.78 is 14.8. The normalized spacial score (nSPS) is 13.7. The molecule has 0 aromatic heterocycles. The maximum absolute atomic E-state index is 14.4. The monoisotopic (exact) mass is 522 g/mol. The Labute approximate surface area is 213 Å². The number of halogens is 2. The maximum atomic E-state index is 14.4. The van der Waals surface area contributed by atoms with Crippen molar-refractivity contribution in [1.82, 2.24) is 0 Å². The molecule has 4 aromatic carbocycles. The predicted octanol–water partition coefficient (Wildman–Crippen LogP) is 8.63. The van der Waals surface area contributed by atoms with Crippen molar-refractivity contribution in [3.63, 3.8) is 0 Å². The Balaban J connectivity index is 1.57. The van der Waals surface area contributed by atoms with Crippen LogP contribution in [-0.4, -0.2) is 11.5 Å². The molecular formula is C31H24BrFN2. The minimum atomic E-state index is -0.363. The molecule has 172 valence electrons. The molecule has 0 fully saturated rings. The summed E-state index contributed by atoms with van der Waals surface area (Å²) in [5, 5.41) is 2.26. The smallest absolute Gasteiger partial charge is 0.160 e. The lowest BCUT2D eigenvalue weighted by atomic mass is 9.94. The van der Waals surface area contributed by atoms with Crippen LogP contribution in [0.1, 0.15) is 41.2 Å². The van der Waals surface area contributed by atoms with Crippen molar-refractivity contribution in [2.75, 3.05) is 0 Å². The number of rotatable bonds is 4. The highest BCUT2D eigenvalue weighted by molar-refractivity contribution is 9.10. The summed E-state index contributed by atoms with van der Waals surface area (Å²) in [5.41, 5.74) is 6.43. The molecule has 0 aliphatic heterocycles. The van der Waals surface area contributed by atoms with Crippen LogP contribution in [0.15, 0.2) is 106 Å². The number of fused-ring (bicyclic) bond motifs is 2. The summed E-state index contributed by atoms with van der Waals surface area (Å²) in [7, 11) is 0. The van der Waals surface area contributed by atoms with Crippen LogP contribution in [-0.2, 0) is 6.42 Å². The van der Waals surface area contributed by atoms with E-state index in [1.54, 1.807) is 6.07 Å². The third-order valence-corrected chi connectivity index (χ3v) is 6.86. The van der Waals surface area contributed by atoms with Gasteiger partial charge >= 0.3 is 0 Å². The summed E-state index contributed by atoms with van der Waals surface area (Å²) in [6.45, 7) is 6.16. The lowest BCUT2D eigenvalue weighted by Gasteiger charge is -2.12. The number of hydrogen-bond acceptors (Lipinski definition) is 1. The van der Waals surface area contributed by atoms with Gasteiger partial charge in [-0.05, 0) is 93.5 Å². The summed E-state index contributed by atoms with van der Waals surface area (Å²) in [4.78, 5) is 9.65. The van der Waals surface area contributed by atoms with Crippen molar-refractivity contribution in [1.29, 1.82) is 0 Å².